The quantitative estimate of drug-likeness (QED) is 0.610. The van der Waals surface area contributed by atoms with Crippen LogP contribution in [-0.4, -0.2) is 48.5 Å². The number of piperazine rings is 1. The van der Waals surface area contributed by atoms with Crippen LogP contribution >= 0.6 is 11.6 Å². The fourth-order valence-corrected chi connectivity index (χ4v) is 3.60. The average molecular weight is 403 g/mol. The molecule has 0 atom stereocenters. The minimum absolute atomic E-state index is 0.0833. The second-order valence-corrected chi connectivity index (χ2v) is 7.33. The lowest BCUT2D eigenvalue weighted by Crippen LogP contribution is -2.48. The summed E-state index contributed by atoms with van der Waals surface area (Å²) in [6.45, 7) is 6.80. The summed E-state index contributed by atoms with van der Waals surface area (Å²) in [6, 6.07) is 10.8. The van der Waals surface area contributed by atoms with Crippen molar-refractivity contribution in [3.63, 3.8) is 0 Å². The van der Waals surface area contributed by atoms with E-state index in [1.54, 1.807) is 13.0 Å². The fraction of sp³-hybridized carbons (Fsp3) is 0.350. The lowest BCUT2D eigenvalue weighted by molar-refractivity contribution is -0.384. The molecule has 2 aromatic carbocycles. The van der Waals surface area contributed by atoms with Crippen molar-refractivity contribution in [2.45, 2.75) is 13.8 Å². The number of hydrogen-bond acceptors (Lipinski definition) is 5. The van der Waals surface area contributed by atoms with Crippen LogP contribution in [0.1, 0.15) is 11.1 Å². The number of rotatable bonds is 5. The predicted molar refractivity (Wildman–Crippen MR) is 111 cm³/mol. The molecule has 0 aliphatic carbocycles. The molecule has 0 bridgehead atoms. The Balaban J connectivity index is 1.61. The van der Waals surface area contributed by atoms with Gasteiger partial charge in [-0.1, -0.05) is 29.8 Å². The Morgan fingerprint density at radius 3 is 2.46 bits per heavy atom. The van der Waals surface area contributed by atoms with E-state index in [-0.39, 0.29) is 23.8 Å². The van der Waals surface area contributed by atoms with Crippen LogP contribution in [0, 0.1) is 24.0 Å². The van der Waals surface area contributed by atoms with Gasteiger partial charge in [-0.3, -0.25) is 19.8 Å². The average Bonchev–Trinajstić information content (AvgIpc) is 2.66. The lowest BCUT2D eigenvalue weighted by atomic mass is 10.1. The summed E-state index contributed by atoms with van der Waals surface area (Å²) < 4.78 is 0. The van der Waals surface area contributed by atoms with Gasteiger partial charge >= 0.3 is 0 Å². The second-order valence-electron chi connectivity index (χ2n) is 6.92. The largest absolute Gasteiger partial charge is 0.368 e. The summed E-state index contributed by atoms with van der Waals surface area (Å²) in [4.78, 5) is 27.6. The number of carbonyl (C=O) groups is 1. The zero-order valence-electron chi connectivity index (χ0n) is 15.9. The number of nitrogens with one attached hydrogen (secondary N) is 1. The molecule has 0 unspecified atom stereocenters. The number of halogens is 1. The number of para-hydroxylation sites is 1. The predicted octanol–water partition coefficient (Wildman–Crippen LogP) is 3.63. The van der Waals surface area contributed by atoms with Crippen LogP contribution < -0.4 is 10.2 Å². The number of aryl methyl sites for hydroxylation is 1. The maximum absolute atomic E-state index is 12.5. The lowest BCUT2D eigenvalue weighted by Gasteiger charge is -2.36. The van der Waals surface area contributed by atoms with Crippen molar-refractivity contribution in [1.82, 2.24) is 4.90 Å². The summed E-state index contributed by atoms with van der Waals surface area (Å²) >= 11 is 6.26. The number of nitro benzene ring substituents is 1. The van der Waals surface area contributed by atoms with Crippen molar-refractivity contribution in [2.24, 2.45) is 0 Å². The fourth-order valence-electron chi connectivity index (χ4n) is 3.35. The van der Waals surface area contributed by atoms with E-state index in [9.17, 15) is 14.9 Å². The SMILES string of the molecule is Cc1ccc([N+](=O)[O-])c(NC(=O)CN2CCN(c3ccccc3Cl)CC2)c1C. The van der Waals surface area contributed by atoms with Gasteiger partial charge in [-0.25, -0.2) is 0 Å². The first-order valence-electron chi connectivity index (χ1n) is 9.13. The highest BCUT2D eigenvalue weighted by Crippen LogP contribution is 2.30. The highest BCUT2D eigenvalue weighted by atomic mass is 35.5. The van der Waals surface area contributed by atoms with Gasteiger partial charge in [0.25, 0.3) is 5.69 Å². The summed E-state index contributed by atoms with van der Waals surface area (Å²) in [6.07, 6.45) is 0. The second kappa shape index (κ2) is 8.58. The van der Waals surface area contributed by atoms with Crippen LogP contribution in [-0.2, 0) is 4.79 Å². The number of nitro groups is 1. The number of benzene rings is 2. The molecule has 0 aromatic heterocycles. The van der Waals surface area contributed by atoms with Crippen LogP contribution in [0.4, 0.5) is 17.1 Å². The molecule has 0 saturated carbocycles. The van der Waals surface area contributed by atoms with E-state index < -0.39 is 4.92 Å². The van der Waals surface area contributed by atoms with Crippen LogP contribution in [0.2, 0.25) is 5.02 Å². The van der Waals surface area contributed by atoms with Gasteiger partial charge in [0.05, 0.1) is 22.2 Å². The molecule has 1 saturated heterocycles. The third-order valence-electron chi connectivity index (χ3n) is 5.11. The molecule has 1 N–H and O–H groups in total. The number of nitrogens with zero attached hydrogens (tertiary/aromatic N) is 3. The summed E-state index contributed by atoms with van der Waals surface area (Å²) in [5.41, 5.74) is 2.81. The highest BCUT2D eigenvalue weighted by molar-refractivity contribution is 6.33. The number of anilines is 2. The Hall–Kier alpha value is -2.64. The van der Waals surface area contributed by atoms with Crippen LogP contribution in [0.5, 0.6) is 0 Å². The van der Waals surface area contributed by atoms with Crippen molar-refractivity contribution >= 4 is 34.6 Å². The molecule has 148 valence electrons. The Morgan fingerprint density at radius 1 is 1.14 bits per heavy atom. The highest BCUT2D eigenvalue weighted by Gasteiger charge is 2.23. The molecule has 7 nitrogen and oxygen atoms in total. The maximum Gasteiger partial charge on any atom is 0.293 e. The molecule has 1 fully saturated rings. The Labute approximate surface area is 169 Å². The first kappa shape index (κ1) is 20.1. The first-order chi connectivity index (χ1) is 13.4. The van der Waals surface area contributed by atoms with E-state index in [1.807, 2.05) is 36.1 Å². The maximum atomic E-state index is 12.5. The molecule has 1 amide bonds. The van der Waals surface area contributed by atoms with Gasteiger partial charge in [-0.2, -0.15) is 0 Å². The van der Waals surface area contributed by atoms with E-state index in [0.717, 1.165) is 29.4 Å². The van der Waals surface area contributed by atoms with E-state index >= 15 is 0 Å². The van der Waals surface area contributed by atoms with Crippen LogP contribution in [0.3, 0.4) is 0 Å². The first-order valence-corrected chi connectivity index (χ1v) is 9.51. The van der Waals surface area contributed by atoms with Crippen molar-refractivity contribution < 1.29 is 9.72 Å². The van der Waals surface area contributed by atoms with Crippen molar-refractivity contribution in [1.29, 1.82) is 0 Å². The molecule has 0 spiro atoms. The molecule has 3 rings (SSSR count). The van der Waals surface area contributed by atoms with Gasteiger partial charge in [0.2, 0.25) is 5.91 Å². The molecule has 1 heterocycles. The summed E-state index contributed by atoms with van der Waals surface area (Å²) in [5.74, 6) is -0.247. The van der Waals surface area contributed by atoms with E-state index in [0.29, 0.717) is 18.7 Å². The molecule has 0 radical (unpaired) electrons. The molecule has 8 heteroatoms. The van der Waals surface area contributed by atoms with E-state index in [1.165, 1.54) is 6.07 Å². The Kier molecular flexibility index (Phi) is 6.16. The van der Waals surface area contributed by atoms with Crippen LogP contribution in [0.25, 0.3) is 0 Å². The van der Waals surface area contributed by atoms with Gasteiger partial charge in [-0.15, -0.1) is 0 Å². The van der Waals surface area contributed by atoms with Crippen molar-refractivity contribution in [3.05, 3.63) is 62.7 Å². The number of hydrogen-bond donors (Lipinski definition) is 1. The molecular weight excluding hydrogens is 380 g/mol. The summed E-state index contributed by atoms with van der Waals surface area (Å²) in [7, 11) is 0. The molecule has 28 heavy (non-hydrogen) atoms. The Bertz CT molecular complexity index is 895. The minimum Gasteiger partial charge on any atom is -0.368 e. The number of carbonyl (C=O) groups excluding carboxylic acids is 1. The zero-order chi connectivity index (χ0) is 20.3. The van der Waals surface area contributed by atoms with Gasteiger partial charge in [-0.05, 0) is 37.1 Å². The van der Waals surface area contributed by atoms with Gasteiger partial charge < -0.3 is 10.2 Å². The normalized spacial score (nSPS) is 14.8. The molecule has 2 aromatic rings. The topological polar surface area (TPSA) is 78.7 Å². The Morgan fingerprint density at radius 2 is 1.82 bits per heavy atom. The van der Waals surface area contributed by atoms with Gasteiger partial charge in [0.1, 0.15) is 5.69 Å². The van der Waals surface area contributed by atoms with Gasteiger partial charge in [0, 0.05) is 32.2 Å². The van der Waals surface area contributed by atoms with Crippen LogP contribution in [0.15, 0.2) is 36.4 Å². The molecular formula is C20H23ClN4O3. The third-order valence-corrected chi connectivity index (χ3v) is 5.43. The van der Waals surface area contributed by atoms with E-state index in [4.69, 9.17) is 11.6 Å². The molecule has 1 aliphatic heterocycles. The van der Waals surface area contributed by atoms with Crippen molar-refractivity contribution in [2.75, 3.05) is 42.9 Å². The minimum atomic E-state index is -0.468. The van der Waals surface area contributed by atoms with Gasteiger partial charge in [0.15, 0.2) is 0 Å². The third kappa shape index (κ3) is 4.43. The smallest absolute Gasteiger partial charge is 0.293 e. The van der Waals surface area contributed by atoms with E-state index in [2.05, 4.69) is 10.2 Å². The molecule has 1 aliphatic rings. The number of amides is 1. The van der Waals surface area contributed by atoms with Crippen molar-refractivity contribution in [3.8, 4) is 0 Å². The standard InChI is InChI=1S/C20H23ClN4O3/c1-14-7-8-18(25(27)28)20(15(14)2)22-19(26)13-23-9-11-24(12-10-23)17-6-4-3-5-16(17)21/h3-8H,9-13H2,1-2H3,(H,22,26). The zero-order valence-corrected chi connectivity index (χ0v) is 16.7. The monoisotopic (exact) mass is 402 g/mol. The summed E-state index contributed by atoms with van der Waals surface area (Å²) in [5, 5.41) is 14.7.